The van der Waals surface area contributed by atoms with Crippen LogP contribution in [0.5, 0.6) is 0 Å². The second-order valence-electron chi connectivity index (χ2n) is 7.59. The third kappa shape index (κ3) is 10.9. The zero-order valence-corrected chi connectivity index (χ0v) is 20.2. The molecule has 26 heavy (non-hydrogen) atoms. The molecular weight excluding hydrogens is 437 g/mol. The Bertz CT molecular complexity index is 356. The normalized spacial score (nSPS) is 18.9. The summed E-state index contributed by atoms with van der Waals surface area (Å²) in [6.07, 6.45) is 5.17. The van der Waals surface area contributed by atoms with Crippen molar-refractivity contribution in [2.75, 3.05) is 59.4 Å². The Kier molecular flexibility index (Phi) is 15.9. The van der Waals surface area contributed by atoms with Crippen molar-refractivity contribution in [1.29, 1.82) is 0 Å². The smallest absolute Gasteiger partial charge is 0.190 e. The summed E-state index contributed by atoms with van der Waals surface area (Å²) in [4.78, 5) is 9.53. The van der Waals surface area contributed by atoms with Crippen LogP contribution in [0.1, 0.15) is 53.4 Å². The van der Waals surface area contributed by atoms with Crippen molar-refractivity contribution in [3.8, 4) is 0 Å². The van der Waals surface area contributed by atoms with Gasteiger partial charge in [-0.05, 0) is 24.8 Å². The Morgan fingerprint density at radius 3 is 2.15 bits per heavy atom. The van der Waals surface area contributed by atoms with Crippen LogP contribution in [-0.2, 0) is 0 Å². The summed E-state index contributed by atoms with van der Waals surface area (Å²) in [6, 6.07) is 0. The molecule has 0 bridgehead atoms. The Morgan fingerprint density at radius 2 is 1.62 bits per heavy atom. The number of halogens is 1. The predicted octanol–water partition coefficient (Wildman–Crippen LogP) is 3.26. The van der Waals surface area contributed by atoms with Gasteiger partial charge in [0.25, 0.3) is 0 Å². The number of piperazine rings is 1. The Labute approximate surface area is 179 Å². The number of hydrogen-bond donors (Lipinski definition) is 2. The van der Waals surface area contributed by atoms with Crippen LogP contribution in [0.15, 0.2) is 4.99 Å². The van der Waals surface area contributed by atoms with Crippen molar-refractivity contribution in [2.45, 2.75) is 53.4 Å². The first-order chi connectivity index (χ1) is 12.1. The van der Waals surface area contributed by atoms with Gasteiger partial charge < -0.3 is 20.4 Å². The molecule has 2 atom stereocenters. The van der Waals surface area contributed by atoms with Crippen LogP contribution < -0.4 is 10.6 Å². The summed E-state index contributed by atoms with van der Waals surface area (Å²) in [5.74, 6) is 2.34. The monoisotopic (exact) mass is 481 g/mol. The molecule has 5 nitrogen and oxygen atoms in total. The molecule has 156 valence electrons. The molecule has 0 amide bonds. The lowest BCUT2D eigenvalue weighted by Gasteiger charge is -2.35. The third-order valence-corrected chi connectivity index (χ3v) is 5.43. The second-order valence-corrected chi connectivity index (χ2v) is 7.59. The number of nitrogens with one attached hydrogen (secondary N) is 2. The molecule has 1 fully saturated rings. The highest BCUT2D eigenvalue weighted by molar-refractivity contribution is 14.0. The molecule has 0 aliphatic carbocycles. The minimum atomic E-state index is 0. The van der Waals surface area contributed by atoms with Crippen LogP contribution in [0, 0.1) is 11.8 Å². The number of rotatable bonds is 11. The molecule has 0 spiro atoms. The predicted molar refractivity (Wildman–Crippen MR) is 126 cm³/mol. The molecule has 1 heterocycles. The lowest BCUT2D eigenvalue weighted by Crippen LogP contribution is -2.48. The summed E-state index contributed by atoms with van der Waals surface area (Å²) < 4.78 is 0. The van der Waals surface area contributed by atoms with Gasteiger partial charge in [-0.25, -0.2) is 0 Å². The molecule has 1 aliphatic heterocycles. The van der Waals surface area contributed by atoms with E-state index in [0.717, 1.165) is 25.0 Å². The van der Waals surface area contributed by atoms with Crippen LogP contribution >= 0.6 is 24.0 Å². The van der Waals surface area contributed by atoms with E-state index in [4.69, 9.17) is 0 Å². The van der Waals surface area contributed by atoms with Gasteiger partial charge >= 0.3 is 0 Å². The highest BCUT2D eigenvalue weighted by Gasteiger charge is 2.17. The van der Waals surface area contributed by atoms with E-state index in [0.29, 0.717) is 5.92 Å². The SMILES string of the molecule is CCCCC(CC)CNC(=NC)NCC(C)CN1CCN(CC)CC1.I. The number of guanidine groups is 1. The average Bonchev–Trinajstić information content (AvgIpc) is 2.64. The van der Waals surface area contributed by atoms with Crippen LogP contribution in [0.2, 0.25) is 0 Å². The summed E-state index contributed by atoms with van der Waals surface area (Å²) >= 11 is 0. The Balaban J connectivity index is 0.00000625. The number of likely N-dealkylation sites (N-methyl/N-ethyl adjacent to an activating group) is 1. The lowest BCUT2D eigenvalue weighted by molar-refractivity contribution is 0.124. The molecule has 2 N–H and O–H groups in total. The molecule has 1 aliphatic rings. The quantitative estimate of drug-likeness (QED) is 0.270. The van der Waals surface area contributed by atoms with E-state index in [2.05, 4.69) is 53.1 Å². The maximum atomic E-state index is 4.39. The molecule has 2 unspecified atom stereocenters. The Morgan fingerprint density at radius 1 is 1.00 bits per heavy atom. The van der Waals surface area contributed by atoms with Gasteiger partial charge in [-0.1, -0.05) is 47.0 Å². The van der Waals surface area contributed by atoms with E-state index < -0.39 is 0 Å². The first-order valence-corrected chi connectivity index (χ1v) is 10.5. The first-order valence-electron chi connectivity index (χ1n) is 10.5. The standard InChI is InChI=1S/C20H43N5.HI/c1-6-9-10-19(7-2)16-23-20(21-5)22-15-18(4)17-25-13-11-24(8-3)12-14-25;/h18-19H,6-17H2,1-5H3,(H2,21,22,23);1H. The highest BCUT2D eigenvalue weighted by Crippen LogP contribution is 2.11. The summed E-state index contributed by atoms with van der Waals surface area (Å²) in [6.45, 7) is 18.4. The van der Waals surface area contributed by atoms with Gasteiger partial charge in [-0.3, -0.25) is 4.99 Å². The molecular formula is C20H44IN5. The van der Waals surface area contributed by atoms with E-state index >= 15 is 0 Å². The van der Waals surface area contributed by atoms with Crippen molar-refractivity contribution in [3.63, 3.8) is 0 Å². The fraction of sp³-hybridized carbons (Fsp3) is 0.950. The first kappa shape index (κ1) is 25.9. The van der Waals surface area contributed by atoms with Gasteiger partial charge in [0.05, 0.1) is 0 Å². The minimum absolute atomic E-state index is 0. The van der Waals surface area contributed by atoms with Gasteiger partial charge in [0.2, 0.25) is 0 Å². The van der Waals surface area contributed by atoms with E-state index in [1.54, 1.807) is 0 Å². The van der Waals surface area contributed by atoms with Gasteiger partial charge in [0, 0.05) is 52.9 Å². The highest BCUT2D eigenvalue weighted by atomic mass is 127. The van der Waals surface area contributed by atoms with Gasteiger partial charge in [-0.15, -0.1) is 24.0 Å². The van der Waals surface area contributed by atoms with E-state index in [1.807, 2.05) is 7.05 Å². The summed E-state index contributed by atoms with van der Waals surface area (Å²) in [5, 5.41) is 7.04. The molecule has 1 rings (SSSR count). The van der Waals surface area contributed by atoms with E-state index in [-0.39, 0.29) is 24.0 Å². The molecule has 0 aromatic rings. The van der Waals surface area contributed by atoms with Crippen molar-refractivity contribution >= 4 is 29.9 Å². The van der Waals surface area contributed by atoms with E-state index in [9.17, 15) is 0 Å². The average molecular weight is 482 g/mol. The zero-order valence-electron chi connectivity index (χ0n) is 17.9. The lowest BCUT2D eigenvalue weighted by atomic mass is 9.99. The third-order valence-electron chi connectivity index (χ3n) is 5.43. The number of hydrogen-bond acceptors (Lipinski definition) is 3. The van der Waals surface area contributed by atoms with Crippen LogP contribution in [0.3, 0.4) is 0 Å². The van der Waals surface area contributed by atoms with Crippen LogP contribution in [0.25, 0.3) is 0 Å². The number of nitrogens with zero attached hydrogens (tertiary/aromatic N) is 3. The second kappa shape index (κ2) is 15.9. The number of unbranched alkanes of at least 4 members (excludes halogenated alkanes) is 1. The molecule has 0 aromatic carbocycles. The van der Waals surface area contributed by atoms with Crippen LogP contribution in [-0.4, -0.2) is 75.2 Å². The fourth-order valence-corrected chi connectivity index (χ4v) is 3.47. The molecule has 0 saturated carbocycles. The van der Waals surface area contributed by atoms with Gasteiger partial charge in [0.15, 0.2) is 5.96 Å². The molecule has 6 heteroatoms. The largest absolute Gasteiger partial charge is 0.356 e. The molecule has 1 saturated heterocycles. The number of aliphatic imine (C=N–C) groups is 1. The van der Waals surface area contributed by atoms with Crippen molar-refractivity contribution in [1.82, 2.24) is 20.4 Å². The zero-order chi connectivity index (χ0) is 18.5. The van der Waals surface area contributed by atoms with Gasteiger partial charge in [-0.2, -0.15) is 0 Å². The van der Waals surface area contributed by atoms with E-state index in [1.165, 1.54) is 65.0 Å². The summed E-state index contributed by atoms with van der Waals surface area (Å²) in [5.41, 5.74) is 0. The van der Waals surface area contributed by atoms with Crippen molar-refractivity contribution in [2.24, 2.45) is 16.8 Å². The fourth-order valence-electron chi connectivity index (χ4n) is 3.47. The Hall–Kier alpha value is -0.0800. The maximum Gasteiger partial charge on any atom is 0.190 e. The van der Waals surface area contributed by atoms with Gasteiger partial charge in [0.1, 0.15) is 0 Å². The topological polar surface area (TPSA) is 42.9 Å². The van der Waals surface area contributed by atoms with Crippen LogP contribution in [0.4, 0.5) is 0 Å². The maximum absolute atomic E-state index is 4.39. The van der Waals surface area contributed by atoms with Crippen molar-refractivity contribution < 1.29 is 0 Å². The molecule has 0 aromatic heterocycles. The minimum Gasteiger partial charge on any atom is -0.356 e. The molecule has 0 radical (unpaired) electrons. The summed E-state index contributed by atoms with van der Waals surface area (Å²) in [7, 11) is 1.87. The van der Waals surface area contributed by atoms with Crippen molar-refractivity contribution in [3.05, 3.63) is 0 Å².